The molecule has 4 aromatic rings. The molecule has 7 heteroatoms. The van der Waals surface area contributed by atoms with Gasteiger partial charge in [0.15, 0.2) is 0 Å². The largest absolute Gasteiger partial charge is 0.367 e. The Bertz CT molecular complexity index is 1220. The summed E-state index contributed by atoms with van der Waals surface area (Å²) in [7, 11) is 0. The van der Waals surface area contributed by atoms with Crippen molar-refractivity contribution in [3.8, 4) is 0 Å². The zero-order valence-corrected chi connectivity index (χ0v) is 17.6. The highest BCUT2D eigenvalue weighted by atomic mass is 16.2. The molecular formula is C23H26N6O. The molecule has 1 aromatic carbocycles. The van der Waals surface area contributed by atoms with Crippen molar-refractivity contribution in [2.75, 3.05) is 31.1 Å². The number of benzene rings is 1. The van der Waals surface area contributed by atoms with Crippen LogP contribution in [0.15, 0.2) is 49.1 Å². The van der Waals surface area contributed by atoms with Gasteiger partial charge in [0.1, 0.15) is 5.65 Å². The van der Waals surface area contributed by atoms with Crippen LogP contribution in [0.3, 0.4) is 0 Å². The number of amides is 1. The Labute approximate surface area is 175 Å². The molecule has 1 saturated heterocycles. The molecule has 154 valence electrons. The van der Waals surface area contributed by atoms with Gasteiger partial charge in [-0.2, -0.15) is 0 Å². The summed E-state index contributed by atoms with van der Waals surface area (Å²) in [6.45, 7) is 9.56. The number of carbonyl (C=O) groups is 1. The quantitative estimate of drug-likeness (QED) is 0.557. The van der Waals surface area contributed by atoms with E-state index in [-0.39, 0.29) is 11.3 Å². The molecule has 1 N–H and O–H groups in total. The number of imidazole rings is 2. The first-order valence-corrected chi connectivity index (χ1v) is 10.4. The number of rotatable bonds is 2. The first kappa shape index (κ1) is 18.7. The van der Waals surface area contributed by atoms with Crippen molar-refractivity contribution in [2.45, 2.75) is 26.2 Å². The van der Waals surface area contributed by atoms with Gasteiger partial charge in [-0.15, -0.1) is 0 Å². The van der Waals surface area contributed by atoms with Crippen LogP contribution in [0.25, 0.3) is 16.7 Å². The van der Waals surface area contributed by atoms with Crippen molar-refractivity contribution in [3.05, 3.63) is 60.3 Å². The van der Waals surface area contributed by atoms with Gasteiger partial charge in [-0.3, -0.25) is 4.79 Å². The van der Waals surface area contributed by atoms with Crippen LogP contribution in [0.1, 0.15) is 36.8 Å². The number of anilines is 1. The van der Waals surface area contributed by atoms with Crippen LogP contribution in [0, 0.1) is 0 Å². The fourth-order valence-corrected chi connectivity index (χ4v) is 3.95. The van der Waals surface area contributed by atoms with E-state index >= 15 is 0 Å². The van der Waals surface area contributed by atoms with Gasteiger partial charge in [0.25, 0.3) is 5.91 Å². The van der Waals surface area contributed by atoms with E-state index in [0.29, 0.717) is 18.7 Å². The topological polar surface area (TPSA) is 69.5 Å². The van der Waals surface area contributed by atoms with E-state index in [2.05, 4.69) is 64.6 Å². The molecule has 0 bridgehead atoms. The molecule has 1 fully saturated rings. The van der Waals surface area contributed by atoms with E-state index in [1.54, 1.807) is 6.33 Å². The smallest absolute Gasteiger partial charge is 0.254 e. The van der Waals surface area contributed by atoms with Crippen LogP contribution in [0.5, 0.6) is 0 Å². The Morgan fingerprint density at radius 1 is 1.03 bits per heavy atom. The van der Waals surface area contributed by atoms with Gasteiger partial charge >= 0.3 is 0 Å². The molecule has 0 unspecified atom stereocenters. The maximum absolute atomic E-state index is 12.9. The van der Waals surface area contributed by atoms with E-state index in [1.807, 2.05) is 23.1 Å². The van der Waals surface area contributed by atoms with E-state index in [9.17, 15) is 4.79 Å². The monoisotopic (exact) mass is 402 g/mol. The summed E-state index contributed by atoms with van der Waals surface area (Å²) in [6, 6.07) is 9.83. The average Bonchev–Trinajstić information content (AvgIpc) is 3.38. The number of pyridine rings is 1. The van der Waals surface area contributed by atoms with Crippen LogP contribution in [-0.2, 0) is 5.41 Å². The summed E-state index contributed by atoms with van der Waals surface area (Å²) in [5.41, 5.74) is 5.71. The number of H-pyrrole nitrogens is 1. The molecule has 7 nitrogen and oxygen atoms in total. The standard InChI is InChI=1S/C23H26N6O/c1-23(2,3)20-14-29-13-17(5-7-21(29)26-20)27-8-10-28(11-9-27)22(30)16-4-6-18-19(12-16)25-15-24-18/h4-7,12-15H,8-11H2,1-3H3,(H,24,25). The van der Waals surface area contributed by atoms with E-state index in [1.165, 1.54) is 0 Å². The van der Waals surface area contributed by atoms with E-state index in [0.717, 1.165) is 41.2 Å². The Morgan fingerprint density at radius 2 is 1.83 bits per heavy atom. The van der Waals surface area contributed by atoms with Crippen molar-refractivity contribution in [1.29, 1.82) is 0 Å². The molecule has 0 saturated carbocycles. The number of fused-ring (bicyclic) bond motifs is 2. The minimum absolute atomic E-state index is 0.0252. The van der Waals surface area contributed by atoms with Gasteiger partial charge in [0.05, 0.1) is 28.7 Å². The Kier molecular flexibility index (Phi) is 4.27. The van der Waals surface area contributed by atoms with E-state index < -0.39 is 0 Å². The van der Waals surface area contributed by atoms with Crippen LogP contribution in [0.4, 0.5) is 5.69 Å². The third-order valence-electron chi connectivity index (χ3n) is 5.80. The first-order valence-electron chi connectivity index (χ1n) is 10.4. The lowest BCUT2D eigenvalue weighted by Gasteiger charge is -2.36. The summed E-state index contributed by atoms with van der Waals surface area (Å²) in [5.74, 6) is 0.0750. The SMILES string of the molecule is CC(C)(C)c1cn2cc(N3CCN(C(=O)c4ccc5nc[nH]c5c4)CC3)ccc2n1. The lowest BCUT2D eigenvalue weighted by Crippen LogP contribution is -2.48. The number of hydrogen-bond acceptors (Lipinski definition) is 4. The molecule has 0 atom stereocenters. The molecule has 0 spiro atoms. The number of nitrogens with zero attached hydrogens (tertiary/aromatic N) is 5. The number of hydrogen-bond donors (Lipinski definition) is 1. The normalized spacial score (nSPS) is 15.3. The number of aromatic amines is 1. The number of carbonyl (C=O) groups excluding carboxylic acids is 1. The minimum Gasteiger partial charge on any atom is -0.367 e. The highest BCUT2D eigenvalue weighted by Gasteiger charge is 2.23. The lowest BCUT2D eigenvalue weighted by atomic mass is 9.93. The predicted molar refractivity (Wildman–Crippen MR) is 118 cm³/mol. The lowest BCUT2D eigenvalue weighted by molar-refractivity contribution is 0.0747. The molecule has 0 aliphatic carbocycles. The fraction of sp³-hybridized carbons (Fsp3) is 0.348. The second-order valence-corrected chi connectivity index (χ2v) is 8.94. The maximum Gasteiger partial charge on any atom is 0.254 e. The molecule has 5 rings (SSSR count). The number of piperazine rings is 1. The Balaban J connectivity index is 1.29. The van der Waals surface area contributed by atoms with Crippen molar-refractivity contribution < 1.29 is 4.79 Å². The second kappa shape index (κ2) is 6.86. The molecular weight excluding hydrogens is 376 g/mol. The van der Waals surface area contributed by atoms with Gasteiger partial charge in [-0.25, -0.2) is 9.97 Å². The summed E-state index contributed by atoms with van der Waals surface area (Å²) in [5, 5.41) is 0. The van der Waals surface area contributed by atoms with Crippen LogP contribution in [0.2, 0.25) is 0 Å². The average molecular weight is 403 g/mol. The van der Waals surface area contributed by atoms with Crippen LogP contribution >= 0.6 is 0 Å². The van der Waals surface area contributed by atoms with Crippen molar-refractivity contribution in [1.82, 2.24) is 24.3 Å². The van der Waals surface area contributed by atoms with E-state index in [4.69, 9.17) is 4.98 Å². The molecule has 3 aromatic heterocycles. The first-order chi connectivity index (χ1) is 14.4. The fourth-order valence-electron chi connectivity index (χ4n) is 3.95. The molecule has 4 heterocycles. The van der Waals surface area contributed by atoms with Gasteiger partial charge < -0.3 is 19.2 Å². The third-order valence-corrected chi connectivity index (χ3v) is 5.80. The zero-order valence-electron chi connectivity index (χ0n) is 17.6. The van der Waals surface area contributed by atoms with Crippen LogP contribution in [-0.4, -0.2) is 56.3 Å². The number of nitrogens with one attached hydrogen (secondary N) is 1. The molecule has 1 amide bonds. The van der Waals surface area contributed by atoms with Gasteiger partial charge in [0.2, 0.25) is 0 Å². The highest BCUT2D eigenvalue weighted by molar-refractivity contribution is 5.97. The summed E-state index contributed by atoms with van der Waals surface area (Å²) < 4.78 is 2.10. The zero-order chi connectivity index (χ0) is 20.9. The third kappa shape index (κ3) is 3.30. The van der Waals surface area contributed by atoms with Crippen LogP contribution < -0.4 is 4.90 Å². The Hall–Kier alpha value is -3.35. The Morgan fingerprint density at radius 3 is 2.60 bits per heavy atom. The molecule has 0 radical (unpaired) electrons. The van der Waals surface area contributed by atoms with Gasteiger partial charge in [-0.1, -0.05) is 20.8 Å². The van der Waals surface area contributed by atoms with Gasteiger partial charge in [0, 0.05) is 49.6 Å². The minimum atomic E-state index is 0.0252. The van der Waals surface area contributed by atoms with Crippen molar-refractivity contribution >= 4 is 28.3 Å². The highest BCUT2D eigenvalue weighted by Crippen LogP contribution is 2.24. The second-order valence-electron chi connectivity index (χ2n) is 8.94. The molecule has 1 aliphatic rings. The van der Waals surface area contributed by atoms with Gasteiger partial charge in [-0.05, 0) is 30.3 Å². The maximum atomic E-state index is 12.9. The summed E-state index contributed by atoms with van der Waals surface area (Å²) in [4.78, 5) is 29.2. The van der Waals surface area contributed by atoms with Crippen molar-refractivity contribution in [3.63, 3.8) is 0 Å². The molecule has 1 aliphatic heterocycles. The predicted octanol–water partition coefficient (Wildman–Crippen LogP) is 3.47. The summed E-state index contributed by atoms with van der Waals surface area (Å²) in [6.07, 6.45) is 5.91. The number of aromatic nitrogens is 4. The molecule has 30 heavy (non-hydrogen) atoms. The van der Waals surface area contributed by atoms with Crippen molar-refractivity contribution in [2.24, 2.45) is 0 Å². The summed E-state index contributed by atoms with van der Waals surface area (Å²) >= 11 is 0.